The summed E-state index contributed by atoms with van der Waals surface area (Å²) in [6, 6.07) is 4.68. The molecule has 7 heteroatoms. The summed E-state index contributed by atoms with van der Waals surface area (Å²) in [5.41, 5.74) is -1.07. The van der Waals surface area contributed by atoms with Crippen LogP contribution < -0.4 is 5.32 Å². The van der Waals surface area contributed by atoms with Crippen molar-refractivity contribution in [1.82, 2.24) is 0 Å². The molecular formula is C14H9F6N. The number of hydrogen-bond acceptors (Lipinski definition) is 1. The average Bonchev–Trinajstić information content (AvgIpc) is 2.33. The van der Waals surface area contributed by atoms with Crippen LogP contribution in [0.4, 0.5) is 32.0 Å². The highest BCUT2D eigenvalue weighted by Crippen LogP contribution is 2.30. The number of alkyl halides is 3. The van der Waals surface area contributed by atoms with E-state index in [1.165, 1.54) is 0 Å². The Bertz CT molecular complexity index is 630. The van der Waals surface area contributed by atoms with Crippen LogP contribution in [0.1, 0.15) is 11.1 Å². The topological polar surface area (TPSA) is 12.0 Å². The molecule has 0 saturated heterocycles. The summed E-state index contributed by atoms with van der Waals surface area (Å²) in [7, 11) is 0. The first-order valence-electron chi connectivity index (χ1n) is 5.81. The number of nitrogens with one attached hydrogen (secondary N) is 1. The first kappa shape index (κ1) is 15.2. The van der Waals surface area contributed by atoms with Gasteiger partial charge in [-0.1, -0.05) is 0 Å². The van der Waals surface area contributed by atoms with Gasteiger partial charge >= 0.3 is 6.18 Å². The highest BCUT2D eigenvalue weighted by molar-refractivity contribution is 5.44. The third kappa shape index (κ3) is 4.14. The van der Waals surface area contributed by atoms with Crippen molar-refractivity contribution in [1.29, 1.82) is 0 Å². The van der Waals surface area contributed by atoms with Crippen LogP contribution in [0.15, 0.2) is 36.4 Å². The minimum absolute atomic E-state index is 0.00648. The van der Waals surface area contributed by atoms with Crippen molar-refractivity contribution in [3.63, 3.8) is 0 Å². The molecule has 0 aromatic heterocycles. The zero-order valence-corrected chi connectivity index (χ0v) is 10.4. The molecule has 2 rings (SSSR count). The molecule has 0 unspecified atom stereocenters. The van der Waals surface area contributed by atoms with Gasteiger partial charge in [0.25, 0.3) is 0 Å². The lowest BCUT2D eigenvalue weighted by molar-refractivity contribution is -0.137. The molecule has 0 radical (unpaired) electrons. The predicted molar refractivity (Wildman–Crippen MR) is 65.1 cm³/mol. The van der Waals surface area contributed by atoms with Crippen molar-refractivity contribution < 1.29 is 26.3 Å². The molecule has 1 nitrogen and oxygen atoms in total. The van der Waals surface area contributed by atoms with Gasteiger partial charge in [0.15, 0.2) is 0 Å². The van der Waals surface area contributed by atoms with Gasteiger partial charge in [-0.3, -0.25) is 0 Å². The Labute approximate surface area is 116 Å². The molecule has 0 atom stereocenters. The van der Waals surface area contributed by atoms with Crippen molar-refractivity contribution in [3.05, 3.63) is 65.0 Å². The van der Waals surface area contributed by atoms with Crippen LogP contribution in [0.25, 0.3) is 0 Å². The summed E-state index contributed by atoms with van der Waals surface area (Å²) in [6.07, 6.45) is -4.66. The van der Waals surface area contributed by atoms with E-state index in [9.17, 15) is 26.3 Å². The van der Waals surface area contributed by atoms with E-state index in [1.807, 2.05) is 0 Å². The van der Waals surface area contributed by atoms with Crippen molar-refractivity contribution in [2.45, 2.75) is 12.7 Å². The summed E-state index contributed by atoms with van der Waals surface area (Å²) in [6.45, 7) is -0.205. The first-order chi connectivity index (χ1) is 9.74. The van der Waals surface area contributed by atoms with E-state index < -0.39 is 29.2 Å². The van der Waals surface area contributed by atoms with E-state index in [-0.39, 0.29) is 17.8 Å². The molecular weight excluding hydrogens is 296 g/mol. The molecule has 0 saturated carbocycles. The number of benzene rings is 2. The number of hydrogen-bond donors (Lipinski definition) is 1. The molecule has 2 aromatic carbocycles. The van der Waals surface area contributed by atoms with E-state index in [2.05, 4.69) is 5.32 Å². The lowest BCUT2D eigenvalue weighted by Gasteiger charge is -2.11. The van der Waals surface area contributed by atoms with Crippen LogP contribution in [0, 0.1) is 17.5 Å². The number of rotatable bonds is 3. The van der Waals surface area contributed by atoms with Gasteiger partial charge in [-0.25, -0.2) is 13.2 Å². The van der Waals surface area contributed by atoms with Crippen molar-refractivity contribution in [3.8, 4) is 0 Å². The van der Waals surface area contributed by atoms with E-state index in [0.29, 0.717) is 12.1 Å². The highest BCUT2D eigenvalue weighted by atomic mass is 19.4. The third-order valence-electron chi connectivity index (χ3n) is 2.64. The molecule has 0 fully saturated rings. The maximum atomic E-state index is 13.2. The lowest BCUT2D eigenvalue weighted by atomic mass is 10.1. The number of anilines is 1. The van der Waals surface area contributed by atoms with E-state index in [0.717, 1.165) is 24.3 Å². The molecule has 0 bridgehead atoms. The molecule has 2 aromatic rings. The van der Waals surface area contributed by atoms with Crippen molar-refractivity contribution in [2.24, 2.45) is 0 Å². The van der Waals surface area contributed by atoms with Crippen LogP contribution >= 0.6 is 0 Å². The Kier molecular flexibility index (Phi) is 4.11. The summed E-state index contributed by atoms with van der Waals surface area (Å²) < 4.78 is 76.7. The SMILES string of the molecule is Fc1cc(F)cc(NCc2cc(F)cc(C(F)(F)F)c2)c1. The van der Waals surface area contributed by atoms with Crippen LogP contribution in [0.5, 0.6) is 0 Å². The lowest BCUT2D eigenvalue weighted by Crippen LogP contribution is -2.08. The second kappa shape index (κ2) is 5.67. The Balaban J connectivity index is 2.18. The Morgan fingerprint density at radius 2 is 1.33 bits per heavy atom. The van der Waals surface area contributed by atoms with Gasteiger partial charge in [0, 0.05) is 18.3 Å². The fraction of sp³-hybridized carbons (Fsp3) is 0.143. The summed E-state index contributed by atoms with van der Waals surface area (Å²) >= 11 is 0. The Hall–Kier alpha value is -2.18. The van der Waals surface area contributed by atoms with Gasteiger partial charge in [0.05, 0.1) is 5.56 Å². The first-order valence-corrected chi connectivity index (χ1v) is 5.81. The van der Waals surface area contributed by atoms with E-state index in [4.69, 9.17) is 0 Å². The summed E-state index contributed by atoms with van der Waals surface area (Å²) in [4.78, 5) is 0. The Morgan fingerprint density at radius 3 is 1.90 bits per heavy atom. The van der Waals surface area contributed by atoms with Crippen molar-refractivity contribution in [2.75, 3.05) is 5.32 Å². The Morgan fingerprint density at radius 1 is 0.762 bits per heavy atom. The predicted octanol–water partition coefficient (Wildman–Crippen LogP) is 4.73. The van der Waals surface area contributed by atoms with Crippen LogP contribution in [-0.2, 0) is 12.7 Å². The van der Waals surface area contributed by atoms with Gasteiger partial charge in [-0.2, -0.15) is 13.2 Å². The molecule has 0 aliphatic carbocycles. The molecule has 0 spiro atoms. The summed E-state index contributed by atoms with van der Waals surface area (Å²) in [5.74, 6) is -2.69. The number of halogens is 6. The third-order valence-corrected chi connectivity index (χ3v) is 2.64. The zero-order valence-electron chi connectivity index (χ0n) is 10.4. The molecule has 0 aliphatic heterocycles. The molecule has 0 heterocycles. The van der Waals surface area contributed by atoms with Crippen LogP contribution in [-0.4, -0.2) is 0 Å². The smallest absolute Gasteiger partial charge is 0.381 e. The molecule has 0 amide bonds. The molecule has 1 N–H and O–H groups in total. The van der Waals surface area contributed by atoms with Crippen molar-refractivity contribution >= 4 is 5.69 Å². The largest absolute Gasteiger partial charge is 0.416 e. The van der Waals surface area contributed by atoms with Gasteiger partial charge in [0.1, 0.15) is 17.5 Å². The minimum Gasteiger partial charge on any atom is -0.381 e. The molecule has 0 aliphatic rings. The second-order valence-electron chi connectivity index (χ2n) is 4.36. The molecule has 21 heavy (non-hydrogen) atoms. The monoisotopic (exact) mass is 305 g/mol. The second-order valence-corrected chi connectivity index (χ2v) is 4.36. The minimum atomic E-state index is -4.66. The quantitative estimate of drug-likeness (QED) is 0.808. The normalized spacial score (nSPS) is 11.5. The van der Waals surface area contributed by atoms with E-state index in [1.54, 1.807) is 0 Å². The average molecular weight is 305 g/mol. The van der Waals surface area contributed by atoms with Gasteiger partial charge in [0.2, 0.25) is 0 Å². The fourth-order valence-corrected chi connectivity index (χ4v) is 1.78. The highest BCUT2D eigenvalue weighted by Gasteiger charge is 2.31. The zero-order chi connectivity index (χ0) is 15.6. The van der Waals surface area contributed by atoms with Gasteiger partial charge in [-0.15, -0.1) is 0 Å². The standard InChI is InChI=1S/C14H9F6N/c15-10-2-8(1-9(3-10)14(18,19)20)7-21-13-5-11(16)4-12(17)6-13/h1-6,21H,7H2. The van der Waals surface area contributed by atoms with Crippen LogP contribution in [0.2, 0.25) is 0 Å². The van der Waals surface area contributed by atoms with E-state index >= 15 is 0 Å². The van der Waals surface area contributed by atoms with Gasteiger partial charge in [-0.05, 0) is 35.9 Å². The van der Waals surface area contributed by atoms with Gasteiger partial charge < -0.3 is 5.32 Å². The molecule has 112 valence electrons. The maximum Gasteiger partial charge on any atom is 0.416 e. The summed E-state index contributed by atoms with van der Waals surface area (Å²) in [5, 5.41) is 2.53. The van der Waals surface area contributed by atoms with Crippen LogP contribution in [0.3, 0.4) is 0 Å². The fourth-order valence-electron chi connectivity index (χ4n) is 1.78. The maximum absolute atomic E-state index is 13.2.